The molecular weight excluding hydrogens is 1470 g/mol. The SMILES string of the molecule is N=C(N)NCCCC(NC(=O)C(CSSCCOC(=O)Nc1ccc2c3c(cccc13)C(=O)N(CCCNC(=O)CCCCC1SCC3NC(=O)NC31)C2=O)NC(=O)[C@H](Cc1c[nH]c2ccccc12)NC(=O)[C@H](Cc1c[nH]c2ccccc12)NC(=O)[C@@H](N)CCCCN)C(=O)CC(Cc1c[nH]c2ccccc12)C(=O)O. The van der Waals surface area contributed by atoms with E-state index in [1.54, 1.807) is 42.9 Å². The number of amides is 10. The number of aliphatic carboxylic acids is 1. The highest BCUT2D eigenvalue weighted by Gasteiger charge is 2.43. The number of carboxylic acids is 1. The predicted molar refractivity (Wildman–Crippen MR) is 425 cm³/mol. The molecule has 3 aliphatic heterocycles. The van der Waals surface area contributed by atoms with Gasteiger partial charge in [-0.25, -0.2) is 9.59 Å². The molecule has 3 aliphatic rings. The van der Waals surface area contributed by atoms with Gasteiger partial charge in [-0.15, -0.1) is 0 Å². The number of thioether (sulfide) groups is 1. The number of aromatic nitrogens is 3. The number of ether oxygens (including phenoxy) is 1. The van der Waals surface area contributed by atoms with Gasteiger partial charge in [-0.1, -0.05) is 101 Å². The van der Waals surface area contributed by atoms with Gasteiger partial charge in [0.05, 0.1) is 35.8 Å². The number of unbranched alkanes of at least 4 members (excludes halogenated alkanes) is 2. The molecule has 2 fully saturated rings. The number of hydrogen-bond acceptors (Lipinski definition) is 18. The van der Waals surface area contributed by atoms with Crippen LogP contribution in [0, 0.1) is 11.3 Å². The van der Waals surface area contributed by atoms with E-state index in [0.29, 0.717) is 71.4 Å². The minimum Gasteiger partial charge on any atom is -0.481 e. The fourth-order valence-corrected chi connectivity index (χ4v) is 17.7. The third-order valence-corrected chi connectivity index (χ3v) is 23.8. The van der Waals surface area contributed by atoms with Gasteiger partial charge >= 0.3 is 18.1 Å². The highest BCUT2D eigenvalue weighted by Crippen LogP contribution is 2.36. The van der Waals surface area contributed by atoms with Crippen molar-refractivity contribution in [2.75, 3.05) is 55.4 Å². The lowest BCUT2D eigenvalue weighted by atomic mass is 9.90. The summed E-state index contributed by atoms with van der Waals surface area (Å²) in [5.41, 5.74) is 22.8. The average Bonchev–Trinajstić information content (AvgIpc) is 1.07. The van der Waals surface area contributed by atoms with E-state index in [9.17, 15) is 43.5 Å². The Morgan fingerprint density at radius 3 is 1.85 bits per heavy atom. The van der Waals surface area contributed by atoms with E-state index in [0.717, 1.165) is 67.0 Å². The molecule has 11 rings (SSSR count). The summed E-state index contributed by atoms with van der Waals surface area (Å²) >= 11 is 1.83. The minimum atomic E-state index is -1.47. The number of rotatable bonds is 42. The Kier molecular flexibility index (Phi) is 28.3. The maximum absolute atomic E-state index is 15.4. The van der Waals surface area contributed by atoms with Crippen LogP contribution in [0.4, 0.5) is 15.3 Å². The highest BCUT2D eigenvalue weighted by atomic mass is 33.1. The number of nitrogens with one attached hydrogen (secondary N) is 13. The van der Waals surface area contributed by atoms with E-state index in [1.165, 1.54) is 16.9 Å². The van der Waals surface area contributed by atoms with Crippen molar-refractivity contribution in [2.24, 2.45) is 23.1 Å². The average molecular weight is 1560 g/mol. The number of anilines is 1. The van der Waals surface area contributed by atoms with Crippen LogP contribution < -0.4 is 65.1 Å². The fraction of sp³-hybridized carbons (Fsp3) is 0.403. The number of nitrogens with two attached hydrogens (primary N) is 3. The molecular formula is C77H93N17O13S3. The molecule has 2 saturated heterocycles. The summed E-state index contributed by atoms with van der Waals surface area (Å²) in [6, 6.07) is 23.7. The first-order valence-corrected chi connectivity index (χ1v) is 40.5. The van der Waals surface area contributed by atoms with Crippen molar-refractivity contribution >= 4 is 154 Å². The number of benzene rings is 5. The van der Waals surface area contributed by atoms with Gasteiger partial charge in [0.25, 0.3) is 11.8 Å². The summed E-state index contributed by atoms with van der Waals surface area (Å²) < 4.78 is 5.62. The zero-order chi connectivity index (χ0) is 77.8. The molecule has 5 aromatic carbocycles. The van der Waals surface area contributed by atoms with Gasteiger partial charge < -0.3 is 84.5 Å². The van der Waals surface area contributed by atoms with Crippen molar-refractivity contribution in [3.8, 4) is 0 Å². The van der Waals surface area contributed by atoms with Crippen molar-refractivity contribution in [3.05, 3.63) is 150 Å². The molecule has 6 heterocycles. The Morgan fingerprint density at radius 1 is 0.627 bits per heavy atom. The van der Waals surface area contributed by atoms with Crippen LogP contribution in [0.3, 0.4) is 0 Å². The van der Waals surface area contributed by atoms with Crippen molar-refractivity contribution in [3.63, 3.8) is 0 Å². The number of fused-ring (bicyclic) bond motifs is 4. The molecule has 582 valence electrons. The summed E-state index contributed by atoms with van der Waals surface area (Å²) in [6.07, 6.45) is 8.22. The molecule has 0 spiro atoms. The number of imide groups is 1. The Balaban J connectivity index is 0.762. The van der Waals surface area contributed by atoms with Crippen molar-refractivity contribution < 1.29 is 62.6 Å². The highest BCUT2D eigenvalue weighted by molar-refractivity contribution is 8.76. The normalized spacial score (nSPS) is 16.8. The monoisotopic (exact) mass is 1560 g/mol. The van der Waals surface area contributed by atoms with Crippen LogP contribution in [0.15, 0.2) is 122 Å². The quantitative estimate of drug-likeness (QED) is 0.00514. The lowest BCUT2D eigenvalue weighted by Crippen LogP contribution is -2.59. The third-order valence-electron chi connectivity index (χ3n) is 19.9. The number of guanidine groups is 1. The second-order valence-electron chi connectivity index (χ2n) is 27.6. The number of para-hydroxylation sites is 3. The van der Waals surface area contributed by atoms with Gasteiger partial charge in [-0.3, -0.25) is 58.8 Å². The second kappa shape index (κ2) is 38.6. The van der Waals surface area contributed by atoms with Gasteiger partial charge in [0.15, 0.2) is 11.7 Å². The molecule has 10 amide bonds. The number of H-pyrrole nitrogens is 3. The van der Waals surface area contributed by atoms with Crippen LogP contribution in [-0.4, -0.2) is 194 Å². The van der Waals surface area contributed by atoms with E-state index in [4.69, 9.17) is 27.3 Å². The summed E-state index contributed by atoms with van der Waals surface area (Å²) in [4.78, 5) is 164. The molecule has 0 radical (unpaired) electrons. The maximum Gasteiger partial charge on any atom is 0.411 e. The Bertz CT molecular complexity index is 4680. The summed E-state index contributed by atoms with van der Waals surface area (Å²) in [5.74, 6) is -6.84. The predicted octanol–water partition coefficient (Wildman–Crippen LogP) is 6.09. The van der Waals surface area contributed by atoms with E-state index in [1.807, 2.05) is 84.6 Å². The van der Waals surface area contributed by atoms with Crippen LogP contribution in [0.1, 0.15) is 108 Å². The molecule has 3 aromatic heterocycles. The fourth-order valence-electron chi connectivity index (χ4n) is 14.2. The van der Waals surface area contributed by atoms with Crippen LogP contribution in [0.2, 0.25) is 0 Å². The summed E-state index contributed by atoms with van der Waals surface area (Å²) in [5, 5.41) is 47.4. The van der Waals surface area contributed by atoms with Crippen LogP contribution in [0.25, 0.3) is 43.5 Å². The molecule has 30 nitrogen and oxygen atoms in total. The Hall–Kier alpha value is -10.6. The van der Waals surface area contributed by atoms with Gasteiger partial charge in [-0.05, 0) is 111 Å². The maximum atomic E-state index is 15.4. The van der Waals surface area contributed by atoms with Gasteiger partial charge in [0.2, 0.25) is 29.5 Å². The summed E-state index contributed by atoms with van der Waals surface area (Å²) in [6.45, 7) is 0.621. The number of carbonyl (C=O) groups excluding carboxylic acids is 10. The van der Waals surface area contributed by atoms with E-state index in [2.05, 4.69) is 62.8 Å². The lowest BCUT2D eigenvalue weighted by molar-refractivity contribution is -0.144. The van der Waals surface area contributed by atoms with E-state index < -0.39 is 95.8 Å². The first kappa shape index (κ1) is 80.4. The summed E-state index contributed by atoms with van der Waals surface area (Å²) in [7, 11) is 2.28. The first-order valence-electron chi connectivity index (χ1n) is 36.9. The largest absolute Gasteiger partial charge is 0.481 e. The van der Waals surface area contributed by atoms with E-state index in [-0.39, 0.29) is 123 Å². The third kappa shape index (κ3) is 20.8. The van der Waals surface area contributed by atoms with Crippen molar-refractivity contribution in [2.45, 2.75) is 137 Å². The topological polar surface area (TPSA) is 478 Å². The zero-order valence-corrected chi connectivity index (χ0v) is 63.0. The number of urea groups is 1. The van der Waals surface area contributed by atoms with Crippen molar-refractivity contribution in [1.29, 1.82) is 5.41 Å². The van der Waals surface area contributed by atoms with Crippen molar-refractivity contribution in [1.82, 2.24) is 62.4 Å². The van der Waals surface area contributed by atoms with Gasteiger partial charge in [-0.2, -0.15) is 11.8 Å². The minimum absolute atomic E-state index is 0.0274. The Labute approximate surface area is 645 Å². The molecule has 0 saturated carbocycles. The number of Topliss-reactive ketones (excluding diaryl/α,β-unsaturated/α-hetero) is 1. The molecule has 33 heteroatoms. The Morgan fingerprint density at radius 2 is 1.21 bits per heavy atom. The number of nitrogens with zero attached hydrogens (tertiary/aromatic N) is 1. The van der Waals surface area contributed by atoms with Crippen LogP contribution >= 0.6 is 33.3 Å². The van der Waals surface area contributed by atoms with Gasteiger partial charge in [0, 0.05) is 141 Å². The molecule has 8 aromatic rings. The number of aromatic amines is 3. The molecule has 0 aliphatic carbocycles. The number of hydrogen-bond donors (Lipinski definition) is 17. The second-order valence-corrected chi connectivity index (χ2v) is 31.5. The smallest absolute Gasteiger partial charge is 0.411 e. The molecule has 9 atom stereocenters. The first-order chi connectivity index (χ1) is 53.2. The number of carboxylic acid groups (broad SMARTS) is 1. The molecule has 0 bridgehead atoms. The zero-order valence-electron chi connectivity index (χ0n) is 60.5. The molecule has 110 heavy (non-hydrogen) atoms. The lowest BCUT2D eigenvalue weighted by Gasteiger charge is -2.28. The van der Waals surface area contributed by atoms with Crippen LogP contribution in [0.5, 0.6) is 0 Å². The number of carbonyl (C=O) groups is 11. The van der Waals surface area contributed by atoms with E-state index >= 15 is 14.4 Å². The standard InChI is InChI=1S/C77H93N17O13S3/c78-28-10-9-19-53(79)68(97)88-59(35-45-39-85-55-21-5-2-15-48(45)55)69(98)89-60(36-46-40-86-56-22-6-3-16-49(46)56)70(99)90-62(71(100)87-58(23-12-29-83-75(80)81)63(95)37-43(74(103)104)34-44-38-84-54-20-4-1-14-47(44)54)42-110-109-33-32-107-77(106)92-57-27-26-52-66-50(57)17-11-18-51(66)72(101)94(73(52)102)31-13-30-82-65(96)25-8-7-24-64-67-61(41-108-64)91-76(105)93-67/h1-6,11,14-18,20-22,26-27,38-40,43,53,58-62,64,67,84-86H,7-10,12-13,19,23-25,28-37,41-42,78-79H2,(H,82,96)(H,87,100)(H,88,97)(H,89,98)(H,90,99)(H,92,106)(H,103,104)(H4,80,81,83)(H2,91,93,105)/t43?,53-,58?,59-,60-,61?,62?,64?,67?/m0/s1. The van der Waals surface area contributed by atoms with Crippen LogP contribution in [-0.2, 0) is 57.6 Å². The van der Waals surface area contributed by atoms with Gasteiger partial charge in [0.1, 0.15) is 24.7 Å². The number of ketones is 1. The molecule has 20 N–H and O–H groups in total. The molecule has 6 unspecified atom stereocenters.